The normalized spacial score (nSPS) is 9.76. The van der Waals surface area contributed by atoms with Crippen molar-refractivity contribution in [1.29, 1.82) is 0 Å². The van der Waals surface area contributed by atoms with Crippen molar-refractivity contribution in [2.24, 2.45) is 0 Å². The number of hydrogen-bond donors (Lipinski definition) is 0. The van der Waals surface area contributed by atoms with Gasteiger partial charge in [-0.05, 0) is 0 Å². The molecule has 0 fully saturated rings. The molecule has 0 saturated heterocycles. The second-order valence-corrected chi connectivity index (χ2v) is 3.25. The molecule has 1 aromatic heterocycles. The molecule has 8 heteroatoms. The maximum Gasteiger partial charge on any atom is 0.307 e. The average Bonchev–Trinajstić information content (AvgIpc) is 2.35. The number of carbonyl (C=O) groups is 1. The zero-order valence-corrected chi connectivity index (χ0v) is 9.49. The Morgan fingerprint density at radius 2 is 2.12 bits per heavy atom. The number of nitrogens with zero attached hydrogens (tertiary/aromatic N) is 4. The molecule has 8 nitrogen and oxygen atoms in total. The van der Waals surface area contributed by atoms with Crippen molar-refractivity contribution in [3.63, 3.8) is 0 Å². The van der Waals surface area contributed by atoms with Gasteiger partial charge in [-0.25, -0.2) is 9.97 Å². The lowest BCUT2D eigenvalue weighted by molar-refractivity contribution is -0.385. The van der Waals surface area contributed by atoms with Gasteiger partial charge in [0.15, 0.2) is 0 Å². The Morgan fingerprint density at radius 3 is 2.59 bits per heavy atom. The van der Waals surface area contributed by atoms with Crippen LogP contribution in [-0.4, -0.2) is 41.6 Å². The number of esters is 1. The van der Waals surface area contributed by atoms with E-state index in [4.69, 9.17) is 0 Å². The van der Waals surface area contributed by atoms with E-state index in [9.17, 15) is 14.9 Å². The van der Waals surface area contributed by atoms with Gasteiger partial charge in [-0.1, -0.05) is 0 Å². The van der Waals surface area contributed by atoms with Crippen LogP contribution in [0.5, 0.6) is 0 Å². The first-order chi connectivity index (χ1) is 8.04. The molecule has 0 bridgehead atoms. The van der Waals surface area contributed by atoms with E-state index < -0.39 is 4.92 Å². The summed E-state index contributed by atoms with van der Waals surface area (Å²) in [5.74, 6) is -0.0155. The molecular formula is C9H12N4O4. The van der Waals surface area contributed by atoms with Gasteiger partial charge in [0, 0.05) is 13.6 Å². The highest BCUT2D eigenvalue weighted by molar-refractivity contribution is 5.69. The second kappa shape index (κ2) is 5.73. The lowest BCUT2D eigenvalue weighted by Crippen LogP contribution is -2.23. The van der Waals surface area contributed by atoms with Crippen molar-refractivity contribution in [2.45, 2.75) is 6.42 Å². The molecule has 0 atom stereocenters. The Bertz CT molecular complexity index is 406. The molecule has 17 heavy (non-hydrogen) atoms. The predicted octanol–water partition coefficient (Wildman–Crippen LogP) is 0.384. The molecule has 0 aliphatic rings. The fourth-order valence-electron chi connectivity index (χ4n) is 1.07. The van der Waals surface area contributed by atoms with E-state index in [0.717, 1.165) is 12.4 Å². The number of rotatable bonds is 5. The van der Waals surface area contributed by atoms with E-state index in [1.165, 1.54) is 7.11 Å². The topological polar surface area (TPSA) is 98.5 Å². The van der Waals surface area contributed by atoms with Crippen molar-refractivity contribution in [2.75, 3.05) is 25.6 Å². The summed E-state index contributed by atoms with van der Waals surface area (Å²) in [6.45, 7) is 0.379. The largest absolute Gasteiger partial charge is 0.469 e. The number of ether oxygens (including phenoxy) is 1. The van der Waals surface area contributed by atoms with E-state index in [1.807, 2.05) is 0 Å². The maximum absolute atomic E-state index is 10.9. The summed E-state index contributed by atoms with van der Waals surface area (Å²) in [6, 6.07) is 0. The van der Waals surface area contributed by atoms with Crippen molar-refractivity contribution in [3.05, 3.63) is 22.5 Å². The second-order valence-electron chi connectivity index (χ2n) is 3.25. The van der Waals surface area contributed by atoms with Gasteiger partial charge in [-0.15, -0.1) is 0 Å². The molecule has 0 unspecified atom stereocenters. The third-order valence-corrected chi connectivity index (χ3v) is 2.06. The molecule has 0 radical (unpaired) electrons. The van der Waals surface area contributed by atoms with E-state index in [0.29, 0.717) is 12.5 Å². The molecule has 0 aliphatic heterocycles. The molecule has 0 amide bonds. The smallest absolute Gasteiger partial charge is 0.307 e. The van der Waals surface area contributed by atoms with Crippen molar-refractivity contribution < 1.29 is 14.5 Å². The van der Waals surface area contributed by atoms with Crippen LogP contribution in [0, 0.1) is 10.1 Å². The van der Waals surface area contributed by atoms with Gasteiger partial charge >= 0.3 is 11.7 Å². The molecule has 0 spiro atoms. The Morgan fingerprint density at radius 1 is 1.53 bits per heavy atom. The van der Waals surface area contributed by atoms with Crippen LogP contribution in [0.1, 0.15) is 6.42 Å². The van der Waals surface area contributed by atoms with Crippen LogP contribution in [-0.2, 0) is 9.53 Å². The monoisotopic (exact) mass is 240 g/mol. The molecule has 0 aliphatic carbocycles. The quantitative estimate of drug-likeness (QED) is 0.417. The van der Waals surface area contributed by atoms with E-state index in [2.05, 4.69) is 14.7 Å². The van der Waals surface area contributed by atoms with E-state index in [1.54, 1.807) is 11.9 Å². The van der Waals surface area contributed by atoms with Crippen molar-refractivity contribution >= 4 is 17.6 Å². The Kier molecular flexibility index (Phi) is 4.32. The van der Waals surface area contributed by atoms with Crippen molar-refractivity contribution in [3.8, 4) is 0 Å². The van der Waals surface area contributed by atoms with Crippen LogP contribution in [0.15, 0.2) is 12.4 Å². The fourth-order valence-corrected chi connectivity index (χ4v) is 1.07. The summed E-state index contributed by atoms with van der Waals surface area (Å²) < 4.78 is 4.49. The van der Waals surface area contributed by atoms with Crippen molar-refractivity contribution in [1.82, 2.24) is 9.97 Å². The number of methoxy groups -OCH3 is 1. The van der Waals surface area contributed by atoms with Gasteiger partial charge in [0.25, 0.3) is 0 Å². The average molecular weight is 240 g/mol. The first kappa shape index (κ1) is 12.8. The predicted molar refractivity (Wildman–Crippen MR) is 58.6 cm³/mol. The van der Waals surface area contributed by atoms with Gasteiger partial charge in [-0.2, -0.15) is 0 Å². The number of nitro groups is 1. The minimum Gasteiger partial charge on any atom is -0.469 e. The number of aromatic nitrogens is 2. The Hall–Kier alpha value is -2.25. The van der Waals surface area contributed by atoms with Crippen LogP contribution in [0.4, 0.5) is 11.6 Å². The lowest BCUT2D eigenvalue weighted by Gasteiger charge is -2.15. The van der Waals surface area contributed by atoms with Crippen LogP contribution in [0.2, 0.25) is 0 Å². The summed E-state index contributed by atoms with van der Waals surface area (Å²) >= 11 is 0. The van der Waals surface area contributed by atoms with Crippen LogP contribution in [0.25, 0.3) is 0 Å². The fraction of sp³-hybridized carbons (Fsp3) is 0.444. The van der Waals surface area contributed by atoms with E-state index in [-0.39, 0.29) is 18.1 Å². The van der Waals surface area contributed by atoms with Gasteiger partial charge in [0.1, 0.15) is 12.4 Å². The number of carbonyl (C=O) groups excluding carboxylic acids is 1. The molecule has 1 heterocycles. The molecule has 0 N–H and O–H groups in total. The Labute approximate surface area is 97.4 Å². The molecule has 92 valence electrons. The molecule has 0 saturated carbocycles. The van der Waals surface area contributed by atoms with Gasteiger partial charge < -0.3 is 9.64 Å². The van der Waals surface area contributed by atoms with Gasteiger partial charge in [0.2, 0.25) is 5.95 Å². The molecule has 1 aromatic rings. The first-order valence-corrected chi connectivity index (χ1v) is 4.79. The standard InChI is InChI=1S/C9H12N4O4/c1-12(4-3-8(14)17-2)9-10-5-7(6-11-9)13(15)16/h5-6H,3-4H2,1-2H3. The number of anilines is 1. The number of hydrogen-bond acceptors (Lipinski definition) is 7. The van der Waals surface area contributed by atoms with E-state index >= 15 is 0 Å². The first-order valence-electron chi connectivity index (χ1n) is 4.79. The molecule has 0 aromatic carbocycles. The Balaban J connectivity index is 2.60. The summed E-state index contributed by atoms with van der Waals surface area (Å²) in [4.78, 5) is 30.0. The van der Waals surface area contributed by atoms with Crippen LogP contribution >= 0.6 is 0 Å². The summed E-state index contributed by atoms with van der Waals surface area (Å²) in [7, 11) is 2.99. The van der Waals surface area contributed by atoms with Crippen LogP contribution < -0.4 is 4.90 Å². The maximum atomic E-state index is 10.9. The third kappa shape index (κ3) is 3.67. The summed E-state index contributed by atoms with van der Waals surface area (Å²) in [5.41, 5.74) is -0.171. The SMILES string of the molecule is COC(=O)CCN(C)c1ncc([N+](=O)[O-])cn1. The highest BCUT2D eigenvalue weighted by Gasteiger charge is 2.10. The minimum atomic E-state index is -0.571. The lowest BCUT2D eigenvalue weighted by atomic mass is 10.4. The highest BCUT2D eigenvalue weighted by atomic mass is 16.6. The molecule has 1 rings (SSSR count). The minimum absolute atomic E-state index is 0.171. The highest BCUT2D eigenvalue weighted by Crippen LogP contribution is 2.10. The zero-order valence-electron chi connectivity index (χ0n) is 9.49. The summed E-state index contributed by atoms with van der Waals surface area (Å²) in [6.07, 6.45) is 2.45. The zero-order chi connectivity index (χ0) is 12.8. The third-order valence-electron chi connectivity index (χ3n) is 2.06. The van der Waals surface area contributed by atoms with Crippen LogP contribution in [0.3, 0.4) is 0 Å². The van der Waals surface area contributed by atoms with Gasteiger partial charge in [-0.3, -0.25) is 14.9 Å². The molecular weight excluding hydrogens is 228 g/mol. The summed E-state index contributed by atoms with van der Waals surface area (Å²) in [5, 5.41) is 10.4. The van der Waals surface area contributed by atoms with Gasteiger partial charge in [0.05, 0.1) is 18.5 Å².